The molecule has 0 aliphatic carbocycles. The van der Waals surface area contributed by atoms with E-state index in [0.717, 1.165) is 18.9 Å². The molecule has 0 aromatic carbocycles. The van der Waals surface area contributed by atoms with Crippen LogP contribution in [0.15, 0.2) is 16.3 Å². The van der Waals surface area contributed by atoms with Crippen LogP contribution in [0, 0.1) is 10.8 Å². The second-order valence-electron chi connectivity index (χ2n) is 8.75. The maximum Gasteiger partial charge on any atom is 0.317 e. The molecule has 130 valence electrons. The molecule has 1 N–H and O–H groups in total. The van der Waals surface area contributed by atoms with Crippen molar-refractivity contribution in [2.75, 3.05) is 26.2 Å². The van der Waals surface area contributed by atoms with Crippen LogP contribution in [0.2, 0.25) is 0 Å². The Morgan fingerprint density at radius 1 is 1.17 bits per heavy atom. The molecule has 0 radical (unpaired) electrons. The number of carboxylic acids is 1. The van der Waals surface area contributed by atoms with Crippen LogP contribution in [0.4, 0.5) is 0 Å². The van der Waals surface area contributed by atoms with Crippen molar-refractivity contribution in [2.24, 2.45) is 15.8 Å². The highest BCUT2D eigenvalue weighted by Crippen LogP contribution is 2.40. The first kappa shape index (κ1) is 18.0. The predicted octanol–water partition coefficient (Wildman–Crippen LogP) is 2.84. The van der Waals surface area contributed by atoms with Gasteiger partial charge in [0.1, 0.15) is 5.84 Å². The first-order valence-electron chi connectivity index (χ1n) is 8.44. The summed E-state index contributed by atoms with van der Waals surface area (Å²) in [6, 6.07) is 0.139. The number of hydrogen-bond acceptors (Lipinski definition) is 4. The number of carbonyl (C=O) groups is 1. The van der Waals surface area contributed by atoms with Crippen molar-refractivity contribution >= 4 is 11.8 Å². The Labute approximate surface area is 140 Å². The number of carboxylic acid groups (broad SMARTS) is 1. The Bertz CT molecular complexity index is 550. The van der Waals surface area contributed by atoms with Crippen LogP contribution in [0.25, 0.3) is 0 Å². The number of piperazine rings is 1. The van der Waals surface area contributed by atoms with Gasteiger partial charge in [0.15, 0.2) is 0 Å². The van der Waals surface area contributed by atoms with Gasteiger partial charge < -0.3 is 10.0 Å². The average molecular weight is 321 g/mol. The molecule has 0 spiro atoms. The predicted molar refractivity (Wildman–Crippen MR) is 93.6 cm³/mol. The molecule has 0 unspecified atom stereocenters. The molecule has 2 rings (SSSR count). The topological polar surface area (TPSA) is 56.1 Å². The largest absolute Gasteiger partial charge is 0.480 e. The van der Waals surface area contributed by atoms with E-state index >= 15 is 0 Å². The lowest BCUT2D eigenvalue weighted by Gasteiger charge is -2.48. The number of aliphatic imine (C=N–C) groups is 1. The van der Waals surface area contributed by atoms with Crippen LogP contribution in [0.1, 0.15) is 48.5 Å². The van der Waals surface area contributed by atoms with Crippen LogP contribution in [-0.4, -0.2) is 58.9 Å². The minimum atomic E-state index is -0.759. The normalized spacial score (nSPS) is 23.7. The van der Waals surface area contributed by atoms with Crippen molar-refractivity contribution in [3.8, 4) is 0 Å². The lowest BCUT2D eigenvalue weighted by Crippen LogP contribution is -2.54. The summed E-state index contributed by atoms with van der Waals surface area (Å²) in [5, 5.41) is 9.13. The van der Waals surface area contributed by atoms with Crippen molar-refractivity contribution in [3.05, 3.63) is 11.3 Å². The van der Waals surface area contributed by atoms with Gasteiger partial charge in [0.2, 0.25) is 0 Å². The molecule has 1 fully saturated rings. The molecule has 0 aromatic heterocycles. The maximum atomic E-state index is 11.1. The van der Waals surface area contributed by atoms with E-state index in [4.69, 9.17) is 10.1 Å². The van der Waals surface area contributed by atoms with E-state index in [9.17, 15) is 4.79 Å². The number of amidine groups is 1. The van der Waals surface area contributed by atoms with Crippen LogP contribution >= 0.6 is 0 Å². The Morgan fingerprint density at radius 2 is 1.78 bits per heavy atom. The number of nitrogens with zero attached hydrogens (tertiary/aromatic N) is 3. The van der Waals surface area contributed by atoms with E-state index in [2.05, 4.69) is 53.4 Å². The van der Waals surface area contributed by atoms with Gasteiger partial charge in [0.05, 0.1) is 12.6 Å². The zero-order chi connectivity index (χ0) is 17.6. The molecule has 2 aliphatic heterocycles. The number of fused-ring (bicyclic) bond motifs is 1. The molecule has 0 aromatic rings. The molecule has 2 aliphatic rings. The molecule has 5 heteroatoms. The van der Waals surface area contributed by atoms with Gasteiger partial charge in [-0.05, 0) is 17.9 Å². The van der Waals surface area contributed by atoms with Gasteiger partial charge in [-0.2, -0.15) is 0 Å². The van der Waals surface area contributed by atoms with Crippen molar-refractivity contribution in [1.82, 2.24) is 9.80 Å². The van der Waals surface area contributed by atoms with Gasteiger partial charge in [-0.3, -0.25) is 14.7 Å². The van der Waals surface area contributed by atoms with E-state index in [1.807, 2.05) is 4.90 Å². The first-order chi connectivity index (χ1) is 10.4. The van der Waals surface area contributed by atoms with Gasteiger partial charge in [-0.1, -0.05) is 41.5 Å². The van der Waals surface area contributed by atoms with Crippen molar-refractivity contribution in [2.45, 2.75) is 54.5 Å². The zero-order valence-corrected chi connectivity index (χ0v) is 15.6. The quantitative estimate of drug-likeness (QED) is 0.850. The lowest BCUT2D eigenvalue weighted by molar-refractivity contribution is -0.138. The summed E-state index contributed by atoms with van der Waals surface area (Å²) in [5.74, 6) is 0.368. The summed E-state index contributed by atoms with van der Waals surface area (Å²) in [4.78, 5) is 20.5. The smallest absolute Gasteiger partial charge is 0.317 e. The monoisotopic (exact) mass is 321 g/mol. The Morgan fingerprint density at radius 3 is 2.26 bits per heavy atom. The molecule has 0 bridgehead atoms. The zero-order valence-electron chi connectivity index (χ0n) is 15.6. The summed E-state index contributed by atoms with van der Waals surface area (Å²) in [7, 11) is 0. The van der Waals surface area contributed by atoms with E-state index in [0.29, 0.717) is 6.54 Å². The lowest BCUT2D eigenvalue weighted by atomic mass is 9.78. The SMILES string of the molecule is C[C@@H]1N=C(C(C)(C)C)N2CCN(CC(=O)O)CC2=C1C(C)(C)C. The fourth-order valence-electron chi connectivity index (χ4n) is 3.76. The van der Waals surface area contributed by atoms with Crippen LogP contribution in [0.3, 0.4) is 0 Å². The Kier molecular flexibility index (Phi) is 4.64. The molecule has 0 saturated carbocycles. The fraction of sp³-hybridized carbons (Fsp3) is 0.778. The molecule has 2 heterocycles. The minimum Gasteiger partial charge on any atom is -0.480 e. The number of hydrogen-bond donors (Lipinski definition) is 1. The summed E-state index contributed by atoms with van der Waals surface area (Å²) in [6.07, 6.45) is 0. The second-order valence-corrected chi connectivity index (χ2v) is 8.75. The van der Waals surface area contributed by atoms with Gasteiger partial charge in [0.25, 0.3) is 0 Å². The van der Waals surface area contributed by atoms with Gasteiger partial charge in [0, 0.05) is 30.7 Å². The first-order valence-corrected chi connectivity index (χ1v) is 8.44. The van der Waals surface area contributed by atoms with Crippen molar-refractivity contribution in [3.63, 3.8) is 0 Å². The highest BCUT2D eigenvalue weighted by molar-refractivity contribution is 5.90. The summed E-state index contributed by atoms with van der Waals surface area (Å²) in [5.41, 5.74) is 2.60. The molecule has 0 amide bonds. The maximum absolute atomic E-state index is 11.1. The van der Waals surface area contributed by atoms with Gasteiger partial charge in [-0.15, -0.1) is 0 Å². The minimum absolute atomic E-state index is 0.0160. The standard InChI is InChI=1S/C18H31N3O2/c1-12-15(17(2,3)4)13-10-20(11-14(22)23)8-9-21(13)16(19-12)18(5,6)7/h12H,8-11H2,1-7H3,(H,22,23)/t12-/m0/s1. The molecule has 1 saturated heterocycles. The second kappa shape index (κ2) is 5.93. The van der Waals surface area contributed by atoms with E-state index < -0.39 is 5.97 Å². The average Bonchev–Trinajstić information content (AvgIpc) is 2.33. The van der Waals surface area contributed by atoms with Crippen molar-refractivity contribution < 1.29 is 9.90 Å². The third kappa shape index (κ3) is 3.77. The summed E-state index contributed by atoms with van der Waals surface area (Å²) in [6.45, 7) is 17.8. The molecular weight excluding hydrogens is 290 g/mol. The summed E-state index contributed by atoms with van der Waals surface area (Å²) < 4.78 is 0. The molecule has 5 nitrogen and oxygen atoms in total. The van der Waals surface area contributed by atoms with Gasteiger partial charge in [-0.25, -0.2) is 0 Å². The third-order valence-corrected chi connectivity index (χ3v) is 4.48. The van der Waals surface area contributed by atoms with E-state index in [1.54, 1.807) is 0 Å². The summed E-state index contributed by atoms with van der Waals surface area (Å²) >= 11 is 0. The van der Waals surface area contributed by atoms with E-state index in [1.165, 1.54) is 11.3 Å². The Balaban J connectivity index is 2.45. The fourth-order valence-corrected chi connectivity index (χ4v) is 3.76. The van der Waals surface area contributed by atoms with E-state index in [-0.39, 0.29) is 23.4 Å². The highest BCUT2D eigenvalue weighted by Gasteiger charge is 2.40. The van der Waals surface area contributed by atoms with Crippen LogP contribution < -0.4 is 0 Å². The third-order valence-electron chi connectivity index (χ3n) is 4.48. The molecular formula is C18H31N3O2. The number of rotatable bonds is 2. The van der Waals surface area contributed by atoms with Gasteiger partial charge >= 0.3 is 5.97 Å². The highest BCUT2D eigenvalue weighted by atomic mass is 16.4. The van der Waals surface area contributed by atoms with Crippen molar-refractivity contribution in [1.29, 1.82) is 0 Å². The molecule has 23 heavy (non-hydrogen) atoms. The molecule has 1 atom stereocenters. The van der Waals surface area contributed by atoms with Crippen LogP contribution in [0.5, 0.6) is 0 Å². The number of aliphatic carboxylic acids is 1. The Hall–Kier alpha value is -1.36. The van der Waals surface area contributed by atoms with Crippen LogP contribution in [-0.2, 0) is 4.79 Å².